The third kappa shape index (κ3) is 57.9. The summed E-state index contributed by atoms with van der Waals surface area (Å²) in [5, 5.41) is 0. The lowest BCUT2D eigenvalue weighted by Gasteiger charge is -2.28. The number of phosphoric acid groups is 1. The molecule has 0 spiro atoms. The van der Waals surface area contributed by atoms with Crippen LogP contribution >= 0.6 is 7.82 Å². The fourth-order valence-electron chi connectivity index (χ4n) is 9.24. The molecule has 0 amide bonds. The number of hydrogen-bond donors (Lipinski definition) is 0. The predicted molar refractivity (Wildman–Crippen MR) is 301 cm³/mol. The summed E-state index contributed by atoms with van der Waals surface area (Å²) in [5.41, 5.74) is 0. The van der Waals surface area contributed by atoms with Gasteiger partial charge in [0.25, 0.3) is 7.82 Å². The maximum atomic E-state index is 12.7. The largest absolute Gasteiger partial charge is 0.756 e. The van der Waals surface area contributed by atoms with Crippen molar-refractivity contribution in [1.82, 2.24) is 0 Å². The van der Waals surface area contributed by atoms with Crippen molar-refractivity contribution in [2.45, 2.75) is 322 Å². The van der Waals surface area contributed by atoms with E-state index in [0.29, 0.717) is 17.4 Å². The van der Waals surface area contributed by atoms with Gasteiger partial charge in [-0.1, -0.05) is 276 Å². The Morgan fingerprint density at radius 2 is 0.718 bits per heavy atom. The van der Waals surface area contributed by atoms with E-state index in [0.717, 1.165) is 51.4 Å². The minimum Gasteiger partial charge on any atom is -0.756 e. The molecule has 2 unspecified atom stereocenters. The molecule has 0 aliphatic heterocycles. The molecule has 0 heterocycles. The van der Waals surface area contributed by atoms with Gasteiger partial charge < -0.3 is 27.9 Å². The van der Waals surface area contributed by atoms with Crippen LogP contribution in [0, 0.1) is 0 Å². The Morgan fingerprint density at radius 3 is 1.04 bits per heavy atom. The predicted octanol–water partition coefficient (Wildman–Crippen LogP) is 18.6. The van der Waals surface area contributed by atoms with Crippen molar-refractivity contribution >= 4 is 19.8 Å². The van der Waals surface area contributed by atoms with Crippen LogP contribution in [0.4, 0.5) is 0 Å². The first-order valence-corrected chi connectivity index (χ1v) is 32.4. The second-order valence-electron chi connectivity index (χ2n) is 22.4. The fraction of sp³-hybridized carbons (Fsp3) is 0.934. The van der Waals surface area contributed by atoms with Crippen LogP contribution in [0.3, 0.4) is 0 Å². The minimum absolute atomic E-state index is 0.0289. The smallest absolute Gasteiger partial charge is 0.306 e. The van der Waals surface area contributed by atoms with Crippen molar-refractivity contribution in [1.29, 1.82) is 0 Å². The molecule has 0 saturated carbocycles. The van der Waals surface area contributed by atoms with Crippen LogP contribution in [0.2, 0.25) is 0 Å². The standard InChI is InChI=1S/C61H120NO8P/c1-6-8-10-12-14-16-18-20-22-23-24-25-26-27-28-29-30-31-32-33-34-35-36-37-38-39-40-42-43-45-47-49-51-53-60(63)67-57-59(58-69-71(65,66)68-56-55-62(3,4)5)70-61(64)54-52-50-48-46-44-41-21-19-17-15-13-11-9-7-2/h19,21,59H,6-18,20,22-58H2,1-5H3/b21-19-. The second-order valence-corrected chi connectivity index (χ2v) is 23.8. The summed E-state index contributed by atoms with van der Waals surface area (Å²) in [4.78, 5) is 37.8. The summed E-state index contributed by atoms with van der Waals surface area (Å²) in [6.45, 7) is 4.27. The summed E-state index contributed by atoms with van der Waals surface area (Å²) in [6, 6.07) is 0. The molecule has 0 fully saturated rings. The Balaban J connectivity index is 3.92. The molecule has 10 heteroatoms. The molecule has 0 aliphatic rings. The third-order valence-corrected chi connectivity index (χ3v) is 15.0. The maximum absolute atomic E-state index is 12.7. The van der Waals surface area contributed by atoms with E-state index in [2.05, 4.69) is 26.0 Å². The first-order valence-electron chi connectivity index (χ1n) is 30.9. The molecule has 0 rings (SSSR count). The number of allylic oxidation sites excluding steroid dienone is 2. The number of nitrogens with zero attached hydrogens (tertiary/aromatic N) is 1. The van der Waals surface area contributed by atoms with Gasteiger partial charge in [-0.3, -0.25) is 14.2 Å². The molecule has 9 nitrogen and oxygen atoms in total. The molecule has 0 radical (unpaired) electrons. The van der Waals surface area contributed by atoms with Crippen LogP contribution < -0.4 is 4.89 Å². The first-order chi connectivity index (χ1) is 34.5. The van der Waals surface area contributed by atoms with Gasteiger partial charge in [0.05, 0.1) is 27.7 Å². The number of unbranched alkanes of at least 4 members (excludes halogenated alkanes) is 42. The number of likely N-dealkylation sites (N-methyl/N-ethyl adjacent to an activating group) is 1. The van der Waals surface area contributed by atoms with Crippen LogP contribution in [0.15, 0.2) is 12.2 Å². The van der Waals surface area contributed by atoms with E-state index >= 15 is 0 Å². The zero-order valence-corrected chi connectivity index (χ0v) is 48.8. The highest BCUT2D eigenvalue weighted by Crippen LogP contribution is 2.38. The zero-order valence-electron chi connectivity index (χ0n) is 48.0. The van der Waals surface area contributed by atoms with Gasteiger partial charge >= 0.3 is 11.9 Å². The molecule has 0 aromatic rings. The van der Waals surface area contributed by atoms with Gasteiger partial charge in [0.15, 0.2) is 6.10 Å². The number of esters is 2. The maximum Gasteiger partial charge on any atom is 0.306 e. The van der Waals surface area contributed by atoms with E-state index in [9.17, 15) is 19.0 Å². The Morgan fingerprint density at radius 1 is 0.423 bits per heavy atom. The average Bonchev–Trinajstić information content (AvgIpc) is 3.33. The van der Waals surface area contributed by atoms with Crippen molar-refractivity contribution in [3.05, 3.63) is 12.2 Å². The van der Waals surface area contributed by atoms with E-state index in [1.807, 2.05) is 21.1 Å². The number of phosphoric ester groups is 1. The van der Waals surface area contributed by atoms with Crippen LogP contribution in [-0.2, 0) is 32.7 Å². The Bertz CT molecular complexity index is 1210. The number of rotatable bonds is 58. The molecule has 0 N–H and O–H groups in total. The highest BCUT2D eigenvalue weighted by molar-refractivity contribution is 7.45. The summed E-state index contributed by atoms with van der Waals surface area (Å²) in [6.07, 6.45) is 62.9. The molecule has 0 aliphatic carbocycles. The topological polar surface area (TPSA) is 111 Å². The van der Waals surface area contributed by atoms with E-state index in [-0.39, 0.29) is 32.0 Å². The van der Waals surface area contributed by atoms with Crippen LogP contribution in [-0.4, -0.2) is 70.0 Å². The third-order valence-electron chi connectivity index (χ3n) is 14.0. The van der Waals surface area contributed by atoms with E-state index in [4.69, 9.17) is 18.5 Å². The van der Waals surface area contributed by atoms with Gasteiger partial charge in [-0.05, 0) is 38.5 Å². The molecule has 422 valence electrons. The van der Waals surface area contributed by atoms with E-state index < -0.39 is 26.5 Å². The van der Waals surface area contributed by atoms with E-state index in [1.165, 1.54) is 231 Å². The molecule has 0 aromatic heterocycles. The van der Waals surface area contributed by atoms with Crippen LogP contribution in [0.25, 0.3) is 0 Å². The number of carbonyl (C=O) groups is 2. The molecular weight excluding hydrogens is 906 g/mol. The Hall–Kier alpha value is -1.25. The number of ether oxygens (including phenoxy) is 2. The quantitative estimate of drug-likeness (QED) is 0.0195. The summed E-state index contributed by atoms with van der Waals surface area (Å²) >= 11 is 0. The molecule has 0 bridgehead atoms. The SMILES string of the molecule is CCCCCCC/C=C\CCCCCCCC(=O)OC(COC(=O)CCCCCCCCCCCCCCCCCCCCCCCCCCCCCCCCCCC)COP(=O)([O-])OCC[N+](C)(C)C. The summed E-state index contributed by atoms with van der Waals surface area (Å²) in [7, 11) is 1.18. The lowest BCUT2D eigenvalue weighted by atomic mass is 10.0. The zero-order chi connectivity index (χ0) is 52.0. The molecule has 71 heavy (non-hydrogen) atoms. The molecule has 0 saturated heterocycles. The molecule has 2 atom stereocenters. The van der Waals surface area contributed by atoms with Gasteiger partial charge in [-0.25, -0.2) is 0 Å². The average molecular weight is 1030 g/mol. The van der Waals surface area contributed by atoms with Crippen molar-refractivity contribution < 1.29 is 42.1 Å². The fourth-order valence-corrected chi connectivity index (χ4v) is 9.97. The van der Waals surface area contributed by atoms with Crippen molar-refractivity contribution in [3.63, 3.8) is 0 Å². The highest BCUT2D eigenvalue weighted by atomic mass is 31.2. The molecular formula is C61H120NO8P. The van der Waals surface area contributed by atoms with Gasteiger partial charge in [-0.15, -0.1) is 0 Å². The first kappa shape index (κ1) is 69.8. The van der Waals surface area contributed by atoms with E-state index in [1.54, 1.807) is 0 Å². The summed E-state index contributed by atoms with van der Waals surface area (Å²) in [5.74, 6) is -0.826. The number of carbonyl (C=O) groups excluding carboxylic acids is 2. The van der Waals surface area contributed by atoms with Gasteiger partial charge in [-0.2, -0.15) is 0 Å². The van der Waals surface area contributed by atoms with Crippen molar-refractivity contribution in [2.24, 2.45) is 0 Å². The normalized spacial score (nSPS) is 13.3. The summed E-state index contributed by atoms with van der Waals surface area (Å²) < 4.78 is 34.1. The van der Waals surface area contributed by atoms with Gasteiger partial charge in [0.1, 0.15) is 19.8 Å². The lowest BCUT2D eigenvalue weighted by molar-refractivity contribution is -0.870. The van der Waals surface area contributed by atoms with Gasteiger partial charge in [0.2, 0.25) is 0 Å². The Kier molecular flexibility index (Phi) is 52.6. The highest BCUT2D eigenvalue weighted by Gasteiger charge is 2.22. The van der Waals surface area contributed by atoms with Crippen molar-refractivity contribution in [3.8, 4) is 0 Å². The number of hydrogen-bond acceptors (Lipinski definition) is 8. The van der Waals surface area contributed by atoms with Crippen LogP contribution in [0.1, 0.15) is 316 Å². The minimum atomic E-state index is -4.63. The monoisotopic (exact) mass is 1030 g/mol. The Labute approximate surface area is 441 Å². The number of quaternary nitrogens is 1. The van der Waals surface area contributed by atoms with Crippen molar-refractivity contribution in [2.75, 3.05) is 47.5 Å². The van der Waals surface area contributed by atoms with Gasteiger partial charge in [0, 0.05) is 12.8 Å². The lowest BCUT2D eigenvalue weighted by Crippen LogP contribution is -2.37. The van der Waals surface area contributed by atoms with Crippen LogP contribution in [0.5, 0.6) is 0 Å². The second kappa shape index (κ2) is 53.6. The molecule has 0 aromatic carbocycles.